The Labute approximate surface area is 51.2 Å². The summed E-state index contributed by atoms with van der Waals surface area (Å²) in [6.45, 7) is 1.99. The van der Waals surface area contributed by atoms with Crippen LogP contribution in [0.5, 0.6) is 0 Å². The maximum absolute atomic E-state index is 4.86. The van der Waals surface area contributed by atoms with E-state index in [4.69, 9.17) is 4.74 Å². The fourth-order valence-electron chi connectivity index (χ4n) is 0.548. The molecule has 0 bridgehead atoms. The first-order valence-electron chi connectivity index (χ1n) is 3.05. The third-order valence-corrected chi connectivity index (χ3v) is 1.03. The van der Waals surface area contributed by atoms with Crippen LogP contribution in [0.25, 0.3) is 0 Å². The van der Waals surface area contributed by atoms with Crippen LogP contribution in [-0.2, 0) is 4.74 Å². The van der Waals surface area contributed by atoms with Gasteiger partial charge >= 0.3 is 0 Å². The highest BCUT2D eigenvalue weighted by atomic mass is 16.5. The van der Waals surface area contributed by atoms with Gasteiger partial charge in [0.25, 0.3) is 0 Å². The summed E-state index contributed by atoms with van der Waals surface area (Å²) in [7, 11) is 3.70. The maximum Gasteiger partial charge on any atom is 0.0462 e. The minimum absolute atomic E-state index is 0.891. The van der Waals surface area contributed by atoms with Gasteiger partial charge in [0, 0.05) is 13.7 Å². The number of nitrogens with one attached hydrogen (secondary N) is 1. The molecule has 0 amide bonds. The molecule has 0 atom stereocenters. The number of ether oxygens (including phenoxy) is 1. The molecule has 0 unspecified atom stereocenters. The first-order valence-corrected chi connectivity index (χ1v) is 3.05. The summed E-state index contributed by atoms with van der Waals surface area (Å²) in [5.41, 5.74) is 0. The van der Waals surface area contributed by atoms with Crippen molar-refractivity contribution in [3.8, 4) is 0 Å². The molecule has 2 nitrogen and oxygen atoms in total. The molecule has 0 aromatic rings. The topological polar surface area (TPSA) is 21.3 Å². The van der Waals surface area contributed by atoms with E-state index in [2.05, 4.69) is 5.32 Å². The van der Waals surface area contributed by atoms with Crippen molar-refractivity contribution < 1.29 is 4.74 Å². The Morgan fingerprint density at radius 1 is 1.38 bits per heavy atom. The first kappa shape index (κ1) is 7.92. The number of hydrogen-bond donors (Lipinski definition) is 1. The third kappa shape index (κ3) is 5.92. The first-order chi connectivity index (χ1) is 3.91. The second kappa shape index (κ2) is 6.92. The maximum atomic E-state index is 4.86. The molecule has 1 N–H and O–H groups in total. The van der Waals surface area contributed by atoms with Gasteiger partial charge in [0.15, 0.2) is 0 Å². The summed E-state index contributed by atoms with van der Waals surface area (Å²) < 4.78 is 4.86. The minimum Gasteiger partial charge on any atom is -0.385 e. The lowest BCUT2D eigenvalue weighted by Gasteiger charge is -1.96. The third-order valence-electron chi connectivity index (χ3n) is 1.03. The lowest BCUT2D eigenvalue weighted by atomic mass is 10.3. The van der Waals surface area contributed by atoms with Gasteiger partial charge in [-0.15, -0.1) is 0 Å². The van der Waals surface area contributed by atoms with Gasteiger partial charge in [0.2, 0.25) is 0 Å². The van der Waals surface area contributed by atoms with Gasteiger partial charge in [0.1, 0.15) is 0 Å². The van der Waals surface area contributed by atoms with Gasteiger partial charge in [-0.3, -0.25) is 0 Å². The van der Waals surface area contributed by atoms with Gasteiger partial charge in [-0.1, -0.05) is 0 Å². The quantitative estimate of drug-likeness (QED) is 0.533. The molecule has 0 aromatic carbocycles. The average Bonchev–Trinajstić information content (AvgIpc) is 1.81. The van der Waals surface area contributed by atoms with Crippen molar-refractivity contribution in [2.45, 2.75) is 12.8 Å². The van der Waals surface area contributed by atoms with Crippen LogP contribution in [-0.4, -0.2) is 27.3 Å². The summed E-state index contributed by atoms with van der Waals surface area (Å²) in [4.78, 5) is 0. The van der Waals surface area contributed by atoms with E-state index in [1.807, 2.05) is 7.05 Å². The van der Waals surface area contributed by atoms with Gasteiger partial charge in [-0.2, -0.15) is 0 Å². The van der Waals surface area contributed by atoms with E-state index in [-0.39, 0.29) is 0 Å². The Hall–Kier alpha value is -0.0800. The Morgan fingerprint density at radius 2 is 2.12 bits per heavy atom. The molecule has 0 saturated heterocycles. The van der Waals surface area contributed by atoms with Crippen molar-refractivity contribution in [3.05, 3.63) is 0 Å². The molecule has 0 radical (unpaired) electrons. The highest BCUT2D eigenvalue weighted by Crippen LogP contribution is 1.84. The monoisotopic (exact) mass is 117 g/mol. The van der Waals surface area contributed by atoms with E-state index in [1.165, 1.54) is 6.42 Å². The fourth-order valence-corrected chi connectivity index (χ4v) is 0.548. The van der Waals surface area contributed by atoms with E-state index in [0.29, 0.717) is 0 Å². The lowest BCUT2D eigenvalue weighted by Crippen LogP contribution is -2.07. The lowest BCUT2D eigenvalue weighted by molar-refractivity contribution is 0.193. The van der Waals surface area contributed by atoms with Gasteiger partial charge in [-0.25, -0.2) is 0 Å². The van der Waals surface area contributed by atoms with Crippen LogP contribution in [0.2, 0.25) is 0 Å². The van der Waals surface area contributed by atoms with Crippen LogP contribution in [0.3, 0.4) is 0 Å². The smallest absolute Gasteiger partial charge is 0.0462 e. The largest absolute Gasteiger partial charge is 0.385 e. The van der Waals surface area contributed by atoms with E-state index >= 15 is 0 Å². The predicted molar refractivity (Wildman–Crippen MR) is 35.0 cm³/mol. The van der Waals surface area contributed by atoms with Crippen molar-refractivity contribution in [3.63, 3.8) is 0 Å². The van der Waals surface area contributed by atoms with Crippen molar-refractivity contribution in [1.29, 1.82) is 0 Å². The standard InChI is InChI=1S/C6H15NO/c1-7-5-3-4-6-8-2/h7H,3-6H2,1-2H3. The molecule has 0 aliphatic carbocycles. The second-order valence-electron chi connectivity index (χ2n) is 1.80. The molecule has 0 saturated carbocycles. The summed E-state index contributed by atoms with van der Waals surface area (Å²) in [6, 6.07) is 0. The average molecular weight is 117 g/mol. The molecule has 8 heavy (non-hydrogen) atoms. The number of unbranched alkanes of at least 4 members (excludes halogenated alkanes) is 1. The fraction of sp³-hybridized carbons (Fsp3) is 1.00. The van der Waals surface area contributed by atoms with Crippen LogP contribution >= 0.6 is 0 Å². The van der Waals surface area contributed by atoms with Crippen LogP contribution in [0, 0.1) is 0 Å². The molecule has 0 spiro atoms. The molecule has 0 rings (SSSR count). The summed E-state index contributed by atoms with van der Waals surface area (Å²) in [5, 5.41) is 3.07. The zero-order chi connectivity index (χ0) is 6.24. The van der Waals surface area contributed by atoms with Crippen LogP contribution in [0.15, 0.2) is 0 Å². The summed E-state index contributed by atoms with van der Waals surface area (Å²) in [6.07, 6.45) is 2.38. The van der Waals surface area contributed by atoms with Crippen LogP contribution < -0.4 is 5.32 Å². The van der Waals surface area contributed by atoms with Crippen molar-refractivity contribution >= 4 is 0 Å². The number of hydrogen-bond acceptors (Lipinski definition) is 2. The Balaban J connectivity index is 2.53. The highest BCUT2D eigenvalue weighted by molar-refractivity contribution is 4.40. The van der Waals surface area contributed by atoms with Crippen molar-refractivity contribution in [2.75, 3.05) is 27.3 Å². The molecule has 0 aliphatic heterocycles. The zero-order valence-corrected chi connectivity index (χ0v) is 5.74. The molecule has 0 fully saturated rings. The predicted octanol–water partition coefficient (Wildman–Crippen LogP) is 0.632. The minimum atomic E-state index is 0.891. The van der Waals surface area contributed by atoms with Crippen molar-refractivity contribution in [1.82, 2.24) is 5.32 Å². The molecule has 0 aliphatic rings. The zero-order valence-electron chi connectivity index (χ0n) is 5.74. The Kier molecular flexibility index (Phi) is 6.85. The summed E-state index contributed by atoms with van der Waals surface area (Å²) in [5.74, 6) is 0. The normalized spacial score (nSPS) is 9.75. The van der Waals surface area contributed by atoms with Crippen LogP contribution in [0.4, 0.5) is 0 Å². The van der Waals surface area contributed by atoms with Crippen molar-refractivity contribution in [2.24, 2.45) is 0 Å². The summed E-state index contributed by atoms with van der Waals surface area (Å²) >= 11 is 0. The Morgan fingerprint density at radius 3 is 2.62 bits per heavy atom. The molecule has 0 heterocycles. The van der Waals surface area contributed by atoms with Gasteiger partial charge in [-0.05, 0) is 26.4 Å². The number of rotatable bonds is 5. The molecular weight excluding hydrogens is 102 g/mol. The van der Waals surface area contributed by atoms with Gasteiger partial charge < -0.3 is 10.1 Å². The molecule has 50 valence electrons. The number of methoxy groups -OCH3 is 1. The highest BCUT2D eigenvalue weighted by Gasteiger charge is 1.82. The van der Waals surface area contributed by atoms with E-state index in [1.54, 1.807) is 7.11 Å². The molecule has 2 heteroatoms. The van der Waals surface area contributed by atoms with Gasteiger partial charge in [0.05, 0.1) is 0 Å². The van der Waals surface area contributed by atoms with E-state index in [9.17, 15) is 0 Å². The molecule has 0 aromatic heterocycles. The van der Waals surface area contributed by atoms with Crippen LogP contribution in [0.1, 0.15) is 12.8 Å². The Bertz CT molecular complexity index is 33.5. The van der Waals surface area contributed by atoms with E-state index in [0.717, 1.165) is 19.6 Å². The second-order valence-corrected chi connectivity index (χ2v) is 1.80. The molecular formula is C6H15NO. The SMILES string of the molecule is CNCCCCOC. The van der Waals surface area contributed by atoms with E-state index < -0.39 is 0 Å².